The smallest absolute Gasteiger partial charge is 0.101 e. The number of allylic oxidation sites excluding steroid dienone is 6. The second kappa shape index (κ2) is 10.2. The van der Waals surface area contributed by atoms with Gasteiger partial charge >= 0.3 is 0 Å². The third-order valence-corrected chi connectivity index (χ3v) is 7.91. The summed E-state index contributed by atoms with van der Waals surface area (Å²) >= 11 is 0. The molecule has 0 N–H and O–H groups in total. The maximum Gasteiger partial charge on any atom is 0.101 e. The summed E-state index contributed by atoms with van der Waals surface area (Å²) in [6.07, 6.45) is 13.8. The standard InChI is InChI=1S/C37H26N4/c38-24-26-16-17-28(25-39)36(22-26)41-34-21-19-31(40(29-11-5-2-6-12-29)30-13-7-3-8-14-30)23-33(34)37-32-15-9-1-4-10-27(32)18-20-35(37)41/h2-21,23,26H,1,22H2. The van der Waals surface area contributed by atoms with Crippen LogP contribution in [0.15, 0.2) is 121 Å². The van der Waals surface area contributed by atoms with Crippen LogP contribution in [0.3, 0.4) is 0 Å². The van der Waals surface area contributed by atoms with Gasteiger partial charge in [0.15, 0.2) is 0 Å². The van der Waals surface area contributed by atoms with E-state index in [0.29, 0.717) is 12.0 Å². The first-order chi connectivity index (χ1) is 20.3. The summed E-state index contributed by atoms with van der Waals surface area (Å²) < 4.78 is 2.21. The van der Waals surface area contributed by atoms with Crippen molar-refractivity contribution in [3.8, 4) is 12.1 Å². The Balaban J connectivity index is 1.56. The lowest BCUT2D eigenvalue weighted by molar-refractivity contribution is 0.817. The van der Waals surface area contributed by atoms with Gasteiger partial charge < -0.3 is 9.47 Å². The number of para-hydroxylation sites is 2. The molecule has 0 amide bonds. The van der Waals surface area contributed by atoms with Crippen LogP contribution in [-0.4, -0.2) is 4.57 Å². The number of nitrogens with zero attached hydrogens (tertiary/aromatic N) is 4. The predicted octanol–water partition coefficient (Wildman–Crippen LogP) is 9.53. The van der Waals surface area contributed by atoms with E-state index in [0.717, 1.165) is 51.0 Å². The van der Waals surface area contributed by atoms with Crippen molar-refractivity contribution in [3.63, 3.8) is 0 Å². The van der Waals surface area contributed by atoms with Gasteiger partial charge in [0.05, 0.1) is 28.6 Å². The Kier molecular flexibility index (Phi) is 6.08. The molecule has 5 aromatic rings. The van der Waals surface area contributed by atoms with Crippen LogP contribution in [0.25, 0.3) is 39.7 Å². The van der Waals surface area contributed by atoms with E-state index in [9.17, 15) is 10.5 Å². The fraction of sp³-hybridized carbons (Fsp3) is 0.0811. The average Bonchev–Trinajstić information content (AvgIpc) is 3.16. The van der Waals surface area contributed by atoms with Crippen molar-refractivity contribution >= 4 is 56.7 Å². The fourth-order valence-electron chi connectivity index (χ4n) is 6.06. The van der Waals surface area contributed by atoms with E-state index in [4.69, 9.17) is 0 Å². The summed E-state index contributed by atoms with van der Waals surface area (Å²) in [5.74, 6) is -0.274. The highest BCUT2D eigenvalue weighted by atomic mass is 15.1. The number of hydrogen-bond donors (Lipinski definition) is 0. The molecule has 1 aromatic heterocycles. The minimum Gasteiger partial charge on any atom is -0.312 e. The zero-order valence-electron chi connectivity index (χ0n) is 22.4. The Morgan fingerprint density at radius 3 is 2.15 bits per heavy atom. The number of fused-ring (bicyclic) bond motifs is 5. The zero-order chi connectivity index (χ0) is 27.8. The Hall–Kier alpha value is -5.58. The molecular weight excluding hydrogens is 500 g/mol. The molecule has 1 heterocycles. The quantitative estimate of drug-likeness (QED) is 0.234. The SMILES string of the molecule is N#CC1=C(n2c3ccc(N(c4ccccc4)c4ccccc4)cc3c3c4c(ccc32)C=CCC=C4)CC(C#N)C=C1. The first-order valence-corrected chi connectivity index (χ1v) is 13.8. The van der Waals surface area contributed by atoms with Crippen molar-refractivity contribution < 1.29 is 0 Å². The summed E-state index contributed by atoms with van der Waals surface area (Å²) in [6.45, 7) is 0. The van der Waals surface area contributed by atoms with Gasteiger partial charge in [-0.1, -0.05) is 72.8 Å². The summed E-state index contributed by atoms with van der Waals surface area (Å²) in [4.78, 5) is 2.27. The molecule has 0 saturated heterocycles. The maximum absolute atomic E-state index is 10.1. The first kappa shape index (κ1) is 24.5. The van der Waals surface area contributed by atoms with E-state index in [-0.39, 0.29) is 5.92 Å². The van der Waals surface area contributed by atoms with Crippen LogP contribution in [0.4, 0.5) is 17.1 Å². The van der Waals surface area contributed by atoms with Crippen molar-refractivity contribution in [2.75, 3.05) is 4.90 Å². The van der Waals surface area contributed by atoms with Gasteiger partial charge in [0, 0.05) is 40.0 Å². The van der Waals surface area contributed by atoms with E-state index in [1.807, 2.05) is 18.2 Å². The molecule has 2 aliphatic rings. The van der Waals surface area contributed by atoms with E-state index in [2.05, 4.69) is 125 Å². The molecule has 7 rings (SSSR count). The van der Waals surface area contributed by atoms with Gasteiger partial charge in [-0.3, -0.25) is 0 Å². The Labute approximate surface area is 239 Å². The molecule has 41 heavy (non-hydrogen) atoms. The molecule has 1 atom stereocenters. The van der Waals surface area contributed by atoms with Crippen LogP contribution in [0, 0.1) is 28.6 Å². The molecule has 4 nitrogen and oxygen atoms in total. The monoisotopic (exact) mass is 526 g/mol. The number of hydrogen-bond acceptors (Lipinski definition) is 3. The van der Waals surface area contributed by atoms with Gasteiger partial charge in [-0.05, 0) is 72.2 Å². The van der Waals surface area contributed by atoms with Crippen molar-refractivity contribution in [2.24, 2.45) is 5.92 Å². The van der Waals surface area contributed by atoms with E-state index in [1.165, 1.54) is 11.1 Å². The topological polar surface area (TPSA) is 55.8 Å². The summed E-state index contributed by atoms with van der Waals surface area (Å²) in [5.41, 5.74) is 9.07. The highest BCUT2D eigenvalue weighted by Crippen LogP contribution is 2.43. The molecule has 0 bridgehead atoms. The molecule has 0 radical (unpaired) electrons. The van der Waals surface area contributed by atoms with Crippen LogP contribution in [0.5, 0.6) is 0 Å². The fourth-order valence-corrected chi connectivity index (χ4v) is 6.06. The lowest BCUT2D eigenvalue weighted by Gasteiger charge is -2.25. The second-order valence-corrected chi connectivity index (χ2v) is 10.3. The summed E-state index contributed by atoms with van der Waals surface area (Å²) in [6, 6.07) is 36.5. The Bertz CT molecular complexity index is 1970. The van der Waals surface area contributed by atoms with E-state index >= 15 is 0 Å². The summed E-state index contributed by atoms with van der Waals surface area (Å²) in [5, 5.41) is 22.1. The molecule has 0 spiro atoms. The molecule has 4 heteroatoms. The summed E-state index contributed by atoms with van der Waals surface area (Å²) in [7, 11) is 0. The van der Waals surface area contributed by atoms with Gasteiger partial charge in [-0.2, -0.15) is 10.5 Å². The number of nitriles is 2. The van der Waals surface area contributed by atoms with Gasteiger partial charge in [0.2, 0.25) is 0 Å². The van der Waals surface area contributed by atoms with Crippen molar-refractivity contribution in [2.45, 2.75) is 12.8 Å². The van der Waals surface area contributed by atoms with E-state index < -0.39 is 0 Å². The third-order valence-electron chi connectivity index (χ3n) is 7.91. The van der Waals surface area contributed by atoms with Gasteiger partial charge in [0.1, 0.15) is 6.07 Å². The molecule has 194 valence electrons. The minimum absolute atomic E-state index is 0.274. The molecular formula is C37H26N4. The third kappa shape index (κ3) is 4.15. The Morgan fingerprint density at radius 1 is 0.732 bits per heavy atom. The highest BCUT2D eigenvalue weighted by molar-refractivity contribution is 6.16. The van der Waals surface area contributed by atoms with Crippen molar-refractivity contribution in [1.29, 1.82) is 10.5 Å². The lowest BCUT2D eigenvalue weighted by Crippen LogP contribution is -2.10. The lowest BCUT2D eigenvalue weighted by atomic mass is 9.95. The van der Waals surface area contributed by atoms with Crippen LogP contribution in [0.1, 0.15) is 24.0 Å². The van der Waals surface area contributed by atoms with Crippen LogP contribution in [-0.2, 0) is 0 Å². The molecule has 4 aromatic carbocycles. The largest absolute Gasteiger partial charge is 0.312 e. The zero-order valence-corrected chi connectivity index (χ0v) is 22.4. The molecule has 2 aliphatic carbocycles. The maximum atomic E-state index is 10.1. The highest BCUT2D eigenvalue weighted by Gasteiger charge is 2.24. The van der Waals surface area contributed by atoms with Crippen molar-refractivity contribution in [3.05, 3.63) is 132 Å². The van der Waals surface area contributed by atoms with E-state index in [1.54, 1.807) is 6.08 Å². The van der Waals surface area contributed by atoms with Gasteiger partial charge in [0.25, 0.3) is 0 Å². The molecule has 0 saturated carbocycles. The van der Waals surface area contributed by atoms with Gasteiger partial charge in [-0.25, -0.2) is 0 Å². The van der Waals surface area contributed by atoms with Gasteiger partial charge in [-0.15, -0.1) is 0 Å². The number of aromatic nitrogens is 1. The normalized spacial score (nSPS) is 15.9. The molecule has 0 fully saturated rings. The average molecular weight is 527 g/mol. The second-order valence-electron chi connectivity index (χ2n) is 10.3. The molecule has 1 unspecified atom stereocenters. The minimum atomic E-state index is -0.274. The van der Waals surface area contributed by atoms with Crippen LogP contribution < -0.4 is 4.90 Å². The number of rotatable bonds is 4. The predicted molar refractivity (Wildman–Crippen MR) is 169 cm³/mol. The molecule has 0 aliphatic heterocycles. The number of benzene rings is 4. The number of anilines is 3. The van der Waals surface area contributed by atoms with Crippen molar-refractivity contribution in [1.82, 2.24) is 4.57 Å². The van der Waals surface area contributed by atoms with Crippen LogP contribution in [0.2, 0.25) is 0 Å². The Morgan fingerprint density at radius 2 is 1.44 bits per heavy atom. The van der Waals surface area contributed by atoms with Crippen LogP contribution >= 0.6 is 0 Å². The first-order valence-electron chi connectivity index (χ1n) is 13.8.